The number of allylic oxidation sites excluding steroid dienone is 1. The van der Waals surface area contributed by atoms with Gasteiger partial charge in [-0.3, -0.25) is 4.90 Å². The average Bonchev–Trinajstić information content (AvgIpc) is 2.15. The van der Waals surface area contributed by atoms with E-state index >= 15 is 0 Å². The molecule has 0 radical (unpaired) electrons. The highest BCUT2D eigenvalue weighted by Crippen LogP contribution is 2.18. The van der Waals surface area contributed by atoms with Crippen LogP contribution in [0.2, 0.25) is 0 Å². The van der Waals surface area contributed by atoms with Crippen molar-refractivity contribution in [2.45, 2.75) is 46.1 Å². The molecule has 0 bridgehead atoms. The fraction of sp³-hybridized carbons (Fsp3) is 0.833. The van der Waals surface area contributed by atoms with Gasteiger partial charge in [0.05, 0.1) is 0 Å². The van der Waals surface area contributed by atoms with Crippen LogP contribution >= 0.6 is 0 Å². The monoisotopic (exact) mass is 181 g/mol. The van der Waals surface area contributed by atoms with Crippen LogP contribution in [0.25, 0.3) is 0 Å². The van der Waals surface area contributed by atoms with Gasteiger partial charge >= 0.3 is 0 Å². The zero-order valence-electron chi connectivity index (χ0n) is 9.29. The molecule has 0 amide bonds. The Kier molecular flexibility index (Phi) is 4.51. The third-order valence-corrected chi connectivity index (χ3v) is 2.88. The van der Waals surface area contributed by atoms with E-state index in [4.69, 9.17) is 0 Å². The summed E-state index contributed by atoms with van der Waals surface area (Å²) in [5.41, 5.74) is 0. The third-order valence-electron chi connectivity index (χ3n) is 2.88. The predicted octanol–water partition coefficient (Wildman–Crippen LogP) is 3.07. The van der Waals surface area contributed by atoms with Crippen LogP contribution in [0.3, 0.4) is 0 Å². The number of hydrogen-bond donors (Lipinski definition) is 0. The van der Waals surface area contributed by atoms with Crippen LogP contribution in [-0.4, -0.2) is 24.0 Å². The maximum atomic E-state index is 2.63. The third kappa shape index (κ3) is 3.15. The van der Waals surface area contributed by atoms with Crippen molar-refractivity contribution in [1.82, 2.24) is 4.90 Å². The number of likely N-dealkylation sites (tertiary alicyclic amines) is 1. The van der Waals surface area contributed by atoms with Gasteiger partial charge in [-0.1, -0.05) is 32.4 Å². The molecule has 1 saturated heterocycles. The summed E-state index contributed by atoms with van der Waals surface area (Å²) in [5.74, 6) is 0.745. The van der Waals surface area contributed by atoms with E-state index < -0.39 is 0 Å². The van der Waals surface area contributed by atoms with E-state index in [9.17, 15) is 0 Å². The first-order valence-electron chi connectivity index (χ1n) is 5.62. The van der Waals surface area contributed by atoms with Gasteiger partial charge in [-0.05, 0) is 38.8 Å². The Morgan fingerprint density at radius 3 is 2.15 bits per heavy atom. The van der Waals surface area contributed by atoms with Crippen molar-refractivity contribution in [1.29, 1.82) is 0 Å². The van der Waals surface area contributed by atoms with E-state index in [-0.39, 0.29) is 0 Å². The van der Waals surface area contributed by atoms with E-state index in [2.05, 4.69) is 37.8 Å². The minimum atomic E-state index is 0.672. The van der Waals surface area contributed by atoms with Crippen molar-refractivity contribution >= 4 is 0 Å². The fourth-order valence-electron chi connectivity index (χ4n) is 2.18. The summed E-state index contributed by atoms with van der Waals surface area (Å²) in [6.07, 6.45) is 8.76. The molecule has 1 heteroatoms. The maximum absolute atomic E-state index is 2.63. The molecule has 0 aromatic carbocycles. The van der Waals surface area contributed by atoms with Gasteiger partial charge < -0.3 is 0 Å². The van der Waals surface area contributed by atoms with Gasteiger partial charge in [-0.15, -0.1) is 0 Å². The molecule has 0 aliphatic carbocycles. The highest BCUT2D eigenvalue weighted by atomic mass is 15.2. The van der Waals surface area contributed by atoms with E-state index in [0.717, 1.165) is 5.92 Å². The molecule has 1 heterocycles. The maximum Gasteiger partial charge on any atom is 0.0301 e. The van der Waals surface area contributed by atoms with Crippen LogP contribution in [-0.2, 0) is 0 Å². The van der Waals surface area contributed by atoms with E-state index in [1.54, 1.807) is 0 Å². The molecule has 1 aliphatic heterocycles. The van der Waals surface area contributed by atoms with Gasteiger partial charge in [0.25, 0.3) is 0 Å². The molecule has 0 saturated carbocycles. The Labute approximate surface area is 82.8 Å². The summed E-state index contributed by atoms with van der Waals surface area (Å²) < 4.78 is 0. The van der Waals surface area contributed by atoms with E-state index in [0.29, 0.717) is 6.04 Å². The molecule has 0 spiro atoms. The Morgan fingerprint density at radius 1 is 1.08 bits per heavy atom. The second kappa shape index (κ2) is 5.43. The second-order valence-corrected chi connectivity index (χ2v) is 4.36. The van der Waals surface area contributed by atoms with Crippen LogP contribution in [0, 0.1) is 5.92 Å². The van der Waals surface area contributed by atoms with Crippen molar-refractivity contribution < 1.29 is 0 Å². The fourth-order valence-corrected chi connectivity index (χ4v) is 2.18. The van der Waals surface area contributed by atoms with Gasteiger partial charge in [0.2, 0.25) is 0 Å². The molecule has 1 fully saturated rings. The number of piperidine rings is 1. The predicted molar refractivity (Wildman–Crippen MR) is 58.9 cm³/mol. The van der Waals surface area contributed by atoms with Crippen molar-refractivity contribution in [3.8, 4) is 0 Å². The highest BCUT2D eigenvalue weighted by molar-refractivity contribution is 4.95. The first-order chi connectivity index (χ1) is 6.25. The zero-order valence-corrected chi connectivity index (χ0v) is 9.29. The van der Waals surface area contributed by atoms with Gasteiger partial charge in [0, 0.05) is 6.04 Å². The lowest BCUT2D eigenvalue weighted by molar-refractivity contribution is 0.159. The van der Waals surface area contributed by atoms with Gasteiger partial charge in [-0.25, -0.2) is 0 Å². The molecule has 0 aromatic rings. The lowest BCUT2D eigenvalue weighted by Gasteiger charge is -2.35. The molecule has 1 nitrogen and oxygen atoms in total. The molecular formula is C12H23N. The van der Waals surface area contributed by atoms with Crippen molar-refractivity contribution in [3.63, 3.8) is 0 Å². The molecule has 0 aromatic heterocycles. The first kappa shape index (κ1) is 10.8. The average molecular weight is 181 g/mol. The normalized spacial score (nSPS) is 22.8. The Bertz CT molecular complexity index is 155. The molecular weight excluding hydrogens is 158 g/mol. The minimum absolute atomic E-state index is 0.672. The standard InChI is InChI=1S/C12H23N/c1-4-8-12(11(2)3)13-9-6-5-7-10-13/h4,8,11-12H,5-7,9-10H2,1-3H3/b8-4+. The minimum Gasteiger partial charge on any atom is -0.297 e. The number of hydrogen-bond acceptors (Lipinski definition) is 1. The van der Waals surface area contributed by atoms with E-state index in [1.807, 2.05) is 0 Å². The largest absolute Gasteiger partial charge is 0.297 e. The topological polar surface area (TPSA) is 3.24 Å². The lowest BCUT2D eigenvalue weighted by Crippen LogP contribution is -2.40. The summed E-state index contributed by atoms with van der Waals surface area (Å²) in [6.45, 7) is 9.36. The van der Waals surface area contributed by atoms with Gasteiger partial charge in [0.1, 0.15) is 0 Å². The van der Waals surface area contributed by atoms with Crippen LogP contribution in [0.1, 0.15) is 40.0 Å². The van der Waals surface area contributed by atoms with Crippen LogP contribution in [0.15, 0.2) is 12.2 Å². The molecule has 0 N–H and O–H groups in total. The second-order valence-electron chi connectivity index (χ2n) is 4.36. The van der Waals surface area contributed by atoms with Crippen molar-refractivity contribution in [2.75, 3.05) is 13.1 Å². The Hall–Kier alpha value is -0.300. The van der Waals surface area contributed by atoms with Crippen LogP contribution in [0.5, 0.6) is 0 Å². The smallest absolute Gasteiger partial charge is 0.0301 e. The molecule has 1 aliphatic rings. The quantitative estimate of drug-likeness (QED) is 0.605. The lowest BCUT2D eigenvalue weighted by atomic mass is 9.99. The summed E-state index contributed by atoms with van der Waals surface area (Å²) in [7, 11) is 0. The first-order valence-corrected chi connectivity index (χ1v) is 5.62. The number of nitrogens with zero attached hydrogens (tertiary/aromatic N) is 1. The summed E-state index contributed by atoms with van der Waals surface area (Å²) in [5, 5.41) is 0. The summed E-state index contributed by atoms with van der Waals surface area (Å²) in [4.78, 5) is 2.63. The molecule has 13 heavy (non-hydrogen) atoms. The van der Waals surface area contributed by atoms with Crippen molar-refractivity contribution in [2.24, 2.45) is 5.92 Å². The molecule has 1 unspecified atom stereocenters. The SMILES string of the molecule is C/C=C/C(C(C)C)N1CCCCC1. The molecule has 76 valence electrons. The summed E-state index contributed by atoms with van der Waals surface area (Å²) >= 11 is 0. The molecule has 1 rings (SSSR count). The zero-order chi connectivity index (χ0) is 9.68. The Morgan fingerprint density at radius 2 is 1.69 bits per heavy atom. The van der Waals surface area contributed by atoms with Crippen LogP contribution in [0.4, 0.5) is 0 Å². The highest BCUT2D eigenvalue weighted by Gasteiger charge is 2.20. The van der Waals surface area contributed by atoms with E-state index in [1.165, 1.54) is 32.4 Å². The van der Waals surface area contributed by atoms with Gasteiger partial charge in [-0.2, -0.15) is 0 Å². The van der Waals surface area contributed by atoms with Crippen LogP contribution < -0.4 is 0 Å². The molecule has 1 atom stereocenters. The van der Waals surface area contributed by atoms with Crippen molar-refractivity contribution in [3.05, 3.63) is 12.2 Å². The summed E-state index contributed by atoms with van der Waals surface area (Å²) in [6, 6.07) is 0.672. The Balaban J connectivity index is 2.51. The van der Waals surface area contributed by atoms with Gasteiger partial charge in [0.15, 0.2) is 0 Å². The number of rotatable bonds is 3.